The number of carbonyl (C=O) groups is 1. The molecule has 1 saturated carbocycles. The van der Waals surface area contributed by atoms with Crippen molar-refractivity contribution in [1.29, 1.82) is 0 Å². The molecule has 2 rings (SSSR count). The molecule has 3 heteroatoms. The van der Waals surface area contributed by atoms with Gasteiger partial charge in [0.15, 0.2) is 0 Å². The Bertz CT molecular complexity index is 381. The highest BCUT2D eigenvalue weighted by Crippen LogP contribution is 2.23. The average Bonchev–Trinajstić information content (AvgIpc) is 2.82. The second-order valence-corrected chi connectivity index (χ2v) is 4.73. The van der Waals surface area contributed by atoms with E-state index in [-0.39, 0.29) is 5.91 Å². The maximum atomic E-state index is 11.7. The van der Waals surface area contributed by atoms with Crippen molar-refractivity contribution in [2.75, 3.05) is 0 Å². The van der Waals surface area contributed by atoms with Gasteiger partial charge in [-0.25, -0.2) is 0 Å². The van der Waals surface area contributed by atoms with Crippen LogP contribution in [0.3, 0.4) is 0 Å². The third-order valence-corrected chi connectivity index (χ3v) is 3.38. The average molecular weight is 233 g/mol. The molecule has 0 aromatic carbocycles. The molecule has 1 aliphatic carbocycles. The molecule has 92 valence electrons. The van der Waals surface area contributed by atoms with Crippen LogP contribution < -0.4 is 5.32 Å². The maximum Gasteiger partial charge on any atom is 0.244 e. The van der Waals surface area contributed by atoms with Crippen LogP contribution in [0, 0.1) is 5.92 Å². The Labute approximate surface area is 102 Å². The molecule has 1 amide bonds. The molecule has 2 atom stereocenters. The minimum absolute atomic E-state index is 0.0276. The van der Waals surface area contributed by atoms with E-state index in [0.717, 1.165) is 6.42 Å². The predicted octanol–water partition coefficient (Wildman–Crippen LogP) is 2.99. The van der Waals surface area contributed by atoms with Gasteiger partial charge in [0.2, 0.25) is 5.91 Å². The van der Waals surface area contributed by atoms with Crippen LogP contribution >= 0.6 is 0 Å². The molecule has 1 N–H and O–H groups in total. The number of hydrogen-bond acceptors (Lipinski definition) is 2. The number of carbonyl (C=O) groups excluding carboxylic acids is 1. The van der Waals surface area contributed by atoms with Crippen LogP contribution in [-0.4, -0.2) is 11.9 Å². The van der Waals surface area contributed by atoms with Gasteiger partial charge in [0.05, 0.1) is 6.26 Å². The Kier molecular flexibility index (Phi) is 4.02. The SMILES string of the molecule is C[C@@H]1CCCC[C@H]1NC(=O)/C=C/c1ccco1. The molecule has 3 nitrogen and oxygen atoms in total. The van der Waals surface area contributed by atoms with E-state index >= 15 is 0 Å². The fraction of sp³-hybridized carbons (Fsp3) is 0.500. The second kappa shape index (κ2) is 5.71. The van der Waals surface area contributed by atoms with E-state index in [1.165, 1.54) is 19.3 Å². The molecule has 0 spiro atoms. The lowest BCUT2D eigenvalue weighted by atomic mass is 9.86. The third-order valence-electron chi connectivity index (χ3n) is 3.38. The smallest absolute Gasteiger partial charge is 0.244 e. The van der Waals surface area contributed by atoms with Gasteiger partial charge in [-0.1, -0.05) is 19.8 Å². The van der Waals surface area contributed by atoms with Crippen LogP contribution in [0.25, 0.3) is 6.08 Å². The summed E-state index contributed by atoms with van der Waals surface area (Å²) in [5.74, 6) is 1.27. The van der Waals surface area contributed by atoms with Crippen LogP contribution in [-0.2, 0) is 4.79 Å². The molecule has 0 bridgehead atoms. The summed E-state index contributed by atoms with van der Waals surface area (Å²) in [7, 11) is 0. The highest BCUT2D eigenvalue weighted by Gasteiger charge is 2.21. The van der Waals surface area contributed by atoms with E-state index < -0.39 is 0 Å². The van der Waals surface area contributed by atoms with E-state index in [4.69, 9.17) is 4.42 Å². The molecule has 1 heterocycles. The van der Waals surface area contributed by atoms with Gasteiger partial charge in [-0.3, -0.25) is 4.79 Å². The first-order chi connectivity index (χ1) is 8.25. The molecule has 0 aliphatic heterocycles. The zero-order chi connectivity index (χ0) is 12.1. The van der Waals surface area contributed by atoms with Crippen molar-refractivity contribution in [3.63, 3.8) is 0 Å². The molecule has 0 unspecified atom stereocenters. The van der Waals surface area contributed by atoms with Crippen molar-refractivity contribution in [2.24, 2.45) is 5.92 Å². The Morgan fingerprint density at radius 2 is 2.29 bits per heavy atom. The zero-order valence-corrected chi connectivity index (χ0v) is 10.2. The number of rotatable bonds is 3. The zero-order valence-electron chi connectivity index (χ0n) is 10.2. The van der Waals surface area contributed by atoms with Gasteiger partial charge in [0.1, 0.15) is 5.76 Å². The van der Waals surface area contributed by atoms with Gasteiger partial charge < -0.3 is 9.73 Å². The number of amides is 1. The fourth-order valence-corrected chi connectivity index (χ4v) is 2.31. The molecule has 0 radical (unpaired) electrons. The summed E-state index contributed by atoms with van der Waals surface area (Å²) in [5, 5.41) is 3.06. The van der Waals surface area contributed by atoms with E-state index in [0.29, 0.717) is 17.7 Å². The number of furan rings is 1. The van der Waals surface area contributed by atoms with Crippen molar-refractivity contribution in [3.05, 3.63) is 30.2 Å². The lowest BCUT2D eigenvalue weighted by Crippen LogP contribution is -2.40. The van der Waals surface area contributed by atoms with Gasteiger partial charge >= 0.3 is 0 Å². The second-order valence-electron chi connectivity index (χ2n) is 4.73. The van der Waals surface area contributed by atoms with Crippen LogP contribution in [0.5, 0.6) is 0 Å². The molecule has 1 fully saturated rings. The number of hydrogen-bond donors (Lipinski definition) is 1. The van der Waals surface area contributed by atoms with Crippen LogP contribution in [0.1, 0.15) is 38.4 Å². The van der Waals surface area contributed by atoms with Gasteiger partial charge in [-0.15, -0.1) is 0 Å². The van der Waals surface area contributed by atoms with Crippen LogP contribution in [0.15, 0.2) is 28.9 Å². The Hall–Kier alpha value is -1.51. The monoisotopic (exact) mass is 233 g/mol. The van der Waals surface area contributed by atoms with Crippen LogP contribution in [0.4, 0.5) is 0 Å². The van der Waals surface area contributed by atoms with Gasteiger partial charge in [-0.2, -0.15) is 0 Å². The summed E-state index contributed by atoms with van der Waals surface area (Å²) in [4.78, 5) is 11.7. The molecule has 1 aromatic heterocycles. The van der Waals surface area contributed by atoms with Crippen molar-refractivity contribution >= 4 is 12.0 Å². The van der Waals surface area contributed by atoms with Crippen molar-refractivity contribution in [1.82, 2.24) is 5.32 Å². The summed E-state index contributed by atoms with van der Waals surface area (Å²) in [6.07, 6.45) is 9.66. The van der Waals surface area contributed by atoms with Crippen molar-refractivity contribution in [3.8, 4) is 0 Å². The predicted molar refractivity (Wildman–Crippen MR) is 67.3 cm³/mol. The Morgan fingerprint density at radius 1 is 1.47 bits per heavy atom. The van der Waals surface area contributed by atoms with Gasteiger partial charge in [0.25, 0.3) is 0 Å². The lowest BCUT2D eigenvalue weighted by molar-refractivity contribution is -0.117. The topological polar surface area (TPSA) is 42.2 Å². The molecular formula is C14H19NO2. The number of nitrogens with one attached hydrogen (secondary N) is 1. The summed E-state index contributed by atoms with van der Waals surface area (Å²) < 4.78 is 5.13. The third kappa shape index (κ3) is 3.48. The maximum absolute atomic E-state index is 11.7. The first-order valence-electron chi connectivity index (χ1n) is 6.28. The minimum Gasteiger partial charge on any atom is -0.465 e. The largest absolute Gasteiger partial charge is 0.465 e. The highest BCUT2D eigenvalue weighted by atomic mass is 16.3. The standard InChI is InChI=1S/C14H19NO2/c1-11-5-2-3-7-13(11)15-14(16)9-8-12-6-4-10-17-12/h4,6,8-11,13H,2-3,5,7H2,1H3,(H,15,16)/b9-8+/t11-,13-/m1/s1. The van der Waals surface area contributed by atoms with Gasteiger partial charge in [0, 0.05) is 12.1 Å². The summed E-state index contributed by atoms with van der Waals surface area (Å²) in [6, 6.07) is 3.96. The molecule has 0 saturated heterocycles. The summed E-state index contributed by atoms with van der Waals surface area (Å²) in [5.41, 5.74) is 0. The first-order valence-corrected chi connectivity index (χ1v) is 6.28. The Morgan fingerprint density at radius 3 is 3.00 bits per heavy atom. The Balaban J connectivity index is 1.84. The quantitative estimate of drug-likeness (QED) is 0.815. The molecule has 1 aliphatic rings. The molecule has 1 aromatic rings. The van der Waals surface area contributed by atoms with E-state index in [2.05, 4.69) is 12.2 Å². The summed E-state index contributed by atoms with van der Waals surface area (Å²) >= 11 is 0. The van der Waals surface area contributed by atoms with E-state index in [1.54, 1.807) is 24.5 Å². The molecule has 17 heavy (non-hydrogen) atoms. The lowest BCUT2D eigenvalue weighted by Gasteiger charge is -2.29. The summed E-state index contributed by atoms with van der Waals surface area (Å²) in [6.45, 7) is 2.21. The van der Waals surface area contributed by atoms with Gasteiger partial charge in [-0.05, 0) is 37.0 Å². The first kappa shape index (κ1) is 12.0. The van der Waals surface area contributed by atoms with Crippen molar-refractivity contribution < 1.29 is 9.21 Å². The van der Waals surface area contributed by atoms with E-state index in [9.17, 15) is 4.79 Å². The highest BCUT2D eigenvalue weighted by molar-refractivity contribution is 5.91. The molecular weight excluding hydrogens is 214 g/mol. The minimum atomic E-state index is -0.0276. The normalized spacial score (nSPS) is 25.0. The van der Waals surface area contributed by atoms with Crippen LogP contribution in [0.2, 0.25) is 0 Å². The van der Waals surface area contributed by atoms with E-state index in [1.807, 2.05) is 6.07 Å². The van der Waals surface area contributed by atoms with Crippen molar-refractivity contribution in [2.45, 2.75) is 38.6 Å². The fourth-order valence-electron chi connectivity index (χ4n) is 2.31.